The molecule has 0 saturated carbocycles. The maximum Gasteiger partial charge on any atom is 0.264 e. The van der Waals surface area contributed by atoms with Gasteiger partial charge in [0.25, 0.3) is 10.0 Å². The van der Waals surface area contributed by atoms with Crippen LogP contribution in [-0.4, -0.2) is 33.8 Å². The van der Waals surface area contributed by atoms with Crippen molar-refractivity contribution in [1.29, 1.82) is 0 Å². The average Bonchev–Trinajstić information content (AvgIpc) is 2.93. The summed E-state index contributed by atoms with van der Waals surface area (Å²) in [5, 5.41) is 3.02. The molecule has 0 aliphatic rings. The van der Waals surface area contributed by atoms with Crippen LogP contribution >= 0.6 is 11.6 Å². The fourth-order valence-corrected chi connectivity index (χ4v) is 5.61. The Hall–Kier alpha value is -4.14. The molecule has 4 aromatic carbocycles. The number of nitrogens with zero attached hydrogens (tertiary/aromatic N) is 1. The summed E-state index contributed by atoms with van der Waals surface area (Å²) in [4.78, 5) is 26.4. The molecule has 0 aromatic heterocycles. The molecule has 0 aliphatic carbocycles. The number of ether oxygens (including phenoxy) is 1. The minimum absolute atomic E-state index is 0.0129. The molecular weight excluding hydrogens is 524 g/mol. The van der Waals surface area contributed by atoms with Crippen molar-refractivity contribution < 1.29 is 22.7 Å². The molecule has 38 heavy (non-hydrogen) atoms. The predicted octanol–water partition coefficient (Wildman–Crippen LogP) is 5.72. The van der Waals surface area contributed by atoms with Crippen molar-refractivity contribution in [2.75, 3.05) is 23.3 Å². The summed E-state index contributed by atoms with van der Waals surface area (Å²) in [7, 11) is -2.63. The number of carbonyl (C=O) groups excluding carboxylic acids is 2. The van der Waals surface area contributed by atoms with Crippen molar-refractivity contribution in [3.63, 3.8) is 0 Å². The summed E-state index contributed by atoms with van der Waals surface area (Å²) in [6, 6.07) is 26.0. The lowest BCUT2D eigenvalue weighted by Gasteiger charge is -2.24. The van der Waals surface area contributed by atoms with E-state index in [4.69, 9.17) is 16.3 Å². The first-order valence-electron chi connectivity index (χ1n) is 11.6. The number of carbonyl (C=O) groups is 2. The van der Waals surface area contributed by atoms with Gasteiger partial charge in [-0.25, -0.2) is 8.42 Å². The number of methoxy groups -OCH3 is 1. The third kappa shape index (κ3) is 5.88. The third-order valence-electron chi connectivity index (χ3n) is 5.82. The Morgan fingerprint density at radius 3 is 2.18 bits per heavy atom. The molecule has 0 saturated heterocycles. The second-order valence-corrected chi connectivity index (χ2v) is 10.7. The van der Waals surface area contributed by atoms with E-state index in [0.29, 0.717) is 27.6 Å². The fraction of sp³-hybridized carbons (Fsp3) is 0.103. The molecule has 0 bridgehead atoms. The lowest BCUT2D eigenvalue weighted by molar-refractivity contribution is -0.114. The number of para-hydroxylation sites is 1. The highest BCUT2D eigenvalue weighted by Crippen LogP contribution is 2.28. The van der Waals surface area contributed by atoms with E-state index in [2.05, 4.69) is 5.32 Å². The molecule has 0 heterocycles. The molecule has 0 fully saturated rings. The van der Waals surface area contributed by atoms with Crippen LogP contribution in [0.25, 0.3) is 0 Å². The number of sulfonamides is 1. The van der Waals surface area contributed by atoms with Gasteiger partial charge >= 0.3 is 0 Å². The maximum atomic E-state index is 13.7. The van der Waals surface area contributed by atoms with Gasteiger partial charge in [0.2, 0.25) is 5.91 Å². The van der Waals surface area contributed by atoms with E-state index in [-0.39, 0.29) is 21.9 Å². The standard InChI is InChI=1S/C29H25ClN2O5S/c1-20-17-24(14-16-27(20)37-2)38(35,36)32(23-11-7-4-8-12-23)19-28(33)31-26-15-13-22(30)18-25(26)29(34)21-9-5-3-6-10-21/h3-18H,19H2,1-2H3,(H,31,33). The number of halogens is 1. The highest BCUT2D eigenvalue weighted by molar-refractivity contribution is 7.92. The van der Waals surface area contributed by atoms with Crippen molar-refractivity contribution in [3.05, 3.63) is 119 Å². The van der Waals surface area contributed by atoms with E-state index in [1.165, 1.54) is 31.4 Å². The summed E-state index contributed by atoms with van der Waals surface area (Å²) in [6.07, 6.45) is 0. The van der Waals surface area contributed by atoms with Gasteiger partial charge in [-0.3, -0.25) is 13.9 Å². The molecule has 0 radical (unpaired) electrons. The third-order valence-corrected chi connectivity index (χ3v) is 7.83. The minimum Gasteiger partial charge on any atom is -0.496 e. The van der Waals surface area contributed by atoms with Gasteiger partial charge in [-0.1, -0.05) is 60.1 Å². The van der Waals surface area contributed by atoms with Gasteiger partial charge in [0.15, 0.2) is 5.78 Å². The lowest BCUT2D eigenvalue weighted by atomic mass is 10.0. The highest BCUT2D eigenvalue weighted by atomic mass is 35.5. The Bertz CT molecular complexity index is 1580. The number of hydrogen-bond donors (Lipinski definition) is 1. The van der Waals surface area contributed by atoms with Gasteiger partial charge < -0.3 is 10.1 Å². The summed E-state index contributed by atoms with van der Waals surface area (Å²) in [5.74, 6) is -0.414. The Morgan fingerprint density at radius 1 is 0.895 bits per heavy atom. The van der Waals surface area contributed by atoms with E-state index >= 15 is 0 Å². The average molecular weight is 549 g/mol. The Kier molecular flexibility index (Phi) is 8.14. The number of nitrogens with one attached hydrogen (secondary N) is 1. The van der Waals surface area contributed by atoms with Crippen molar-refractivity contribution in [2.24, 2.45) is 0 Å². The molecule has 4 rings (SSSR count). The molecule has 4 aromatic rings. The second kappa shape index (κ2) is 11.5. The smallest absolute Gasteiger partial charge is 0.264 e. The maximum absolute atomic E-state index is 13.7. The van der Waals surface area contributed by atoms with Gasteiger partial charge in [-0.15, -0.1) is 0 Å². The van der Waals surface area contributed by atoms with E-state index in [9.17, 15) is 18.0 Å². The summed E-state index contributed by atoms with van der Waals surface area (Å²) >= 11 is 6.15. The van der Waals surface area contributed by atoms with Crippen LogP contribution in [0.2, 0.25) is 5.02 Å². The summed E-state index contributed by atoms with van der Waals surface area (Å²) in [6.45, 7) is 1.21. The van der Waals surface area contributed by atoms with E-state index in [0.717, 1.165) is 4.31 Å². The molecule has 0 unspecified atom stereocenters. The molecule has 0 atom stereocenters. The first-order valence-corrected chi connectivity index (χ1v) is 13.4. The van der Waals surface area contributed by atoms with Crippen LogP contribution in [0.4, 0.5) is 11.4 Å². The van der Waals surface area contributed by atoms with Crippen LogP contribution in [0.15, 0.2) is 102 Å². The van der Waals surface area contributed by atoms with Gasteiger partial charge in [-0.05, 0) is 61.0 Å². The predicted molar refractivity (Wildman–Crippen MR) is 149 cm³/mol. The number of benzene rings is 4. The number of ketones is 1. The number of rotatable bonds is 9. The topological polar surface area (TPSA) is 92.8 Å². The number of aryl methyl sites for hydroxylation is 1. The van der Waals surface area contributed by atoms with Gasteiger partial charge in [-0.2, -0.15) is 0 Å². The lowest BCUT2D eigenvalue weighted by Crippen LogP contribution is -2.38. The first-order chi connectivity index (χ1) is 18.2. The fourth-order valence-electron chi connectivity index (χ4n) is 3.93. The highest BCUT2D eigenvalue weighted by Gasteiger charge is 2.28. The molecule has 7 nitrogen and oxygen atoms in total. The molecule has 9 heteroatoms. The zero-order chi connectivity index (χ0) is 27.3. The molecule has 1 amide bonds. The molecule has 0 aliphatic heterocycles. The molecule has 0 spiro atoms. The molecular formula is C29H25ClN2O5S. The molecule has 1 N–H and O–H groups in total. The van der Waals surface area contributed by atoms with E-state index in [1.807, 2.05) is 0 Å². The van der Waals surface area contributed by atoms with Crippen LogP contribution < -0.4 is 14.4 Å². The van der Waals surface area contributed by atoms with Crippen LogP contribution in [0.1, 0.15) is 21.5 Å². The zero-order valence-corrected chi connectivity index (χ0v) is 22.3. The zero-order valence-electron chi connectivity index (χ0n) is 20.7. The summed E-state index contributed by atoms with van der Waals surface area (Å²) in [5.41, 5.74) is 1.79. The largest absolute Gasteiger partial charge is 0.496 e. The SMILES string of the molecule is COc1ccc(S(=O)(=O)N(CC(=O)Nc2ccc(Cl)cc2C(=O)c2ccccc2)c2ccccc2)cc1C. The molecule has 194 valence electrons. The number of amides is 1. The monoisotopic (exact) mass is 548 g/mol. The Labute approximate surface area is 226 Å². The van der Waals surface area contributed by atoms with Crippen molar-refractivity contribution in [3.8, 4) is 5.75 Å². The van der Waals surface area contributed by atoms with Crippen molar-refractivity contribution >= 4 is 44.7 Å². The second-order valence-electron chi connectivity index (χ2n) is 8.41. The van der Waals surface area contributed by atoms with Crippen molar-refractivity contribution in [1.82, 2.24) is 0 Å². The van der Waals surface area contributed by atoms with E-state index < -0.39 is 22.5 Å². The van der Waals surface area contributed by atoms with Crippen LogP contribution in [0.5, 0.6) is 5.75 Å². The van der Waals surface area contributed by atoms with Gasteiger partial charge in [0.05, 0.1) is 23.4 Å². The van der Waals surface area contributed by atoms with Crippen LogP contribution in [-0.2, 0) is 14.8 Å². The van der Waals surface area contributed by atoms with E-state index in [1.54, 1.807) is 79.7 Å². The Morgan fingerprint density at radius 2 is 1.55 bits per heavy atom. The normalized spacial score (nSPS) is 11.0. The van der Waals surface area contributed by atoms with Crippen molar-refractivity contribution in [2.45, 2.75) is 11.8 Å². The minimum atomic E-state index is -4.14. The van der Waals surface area contributed by atoms with Crippen LogP contribution in [0, 0.1) is 6.92 Å². The van der Waals surface area contributed by atoms with Gasteiger partial charge in [0, 0.05) is 16.1 Å². The number of anilines is 2. The quantitative estimate of drug-likeness (QED) is 0.270. The Balaban J connectivity index is 1.67. The number of hydrogen-bond acceptors (Lipinski definition) is 5. The van der Waals surface area contributed by atoms with Gasteiger partial charge in [0.1, 0.15) is 12.3 Å². The van der Waals surface area contributed by atoms with Crippen LogP contribution in [0.3, 0.4) is 0 Å². The summed E-state index contributed by atoms with van der Waals surface area (Å²) < 4.78 is 33.7. The first kappa shape index (κ1) is 26.9.